The van der Waals surface area contributed by atoms with Gasteiger partial charge < -0.3 is 5.73 Å². The normalized spacial score (nSPS) is 26.5. The number of rotatable bonds is 5. The zero-order valence-electron chi connectivity index (χ0n) is 13.6. The van der Waals surface area contributed by atoms with Crippen molar-refractivity contribution in [2.75, 3.05) is 13.6 Å². The molecule has 0 spiro atoms. The van der Waals surface area contributed by atoms with Crippen LogP contribution in [0.4, 0.5) is 4.39 Å². The van der Waals surface area contributed by atoms with Crippen LogP contribution in [0.15, 0.2) is 24.3 Å². The number of hydrogen-bond acceptors (Lipinski definition) is 2. The fourth-order valence-electron chi connectivity index (χ4n) is 3.62. The largest absolute Gasteiger partial charge is 0.329 e. The van der Waals surface area contributed by atoms with Crippen molar-refractivity contribution < 1.29 is 4.39 Å². The third-order valence-corrected chi connectivity index (χ3v) is 5.43. The highest BCUT2D eigenvalue weighted by Crippen LogP contribution is 2.38. The summed E-state index contributed by atoms with van der Waals surface area (Å²) in [5.74, 6) is 1.43. The zero-order chi connectivity index (χ0) is 15.5. The van der Waals surface area contributed by atoms with Gasteiger partial charge >= 0.3 is 0 Å². The summed E-state index contributed by atoms with van der Waals surface area (Å²) in [6.45, 7) is 6.18. The number of benzene rings is 1. The molecule has 0 aromatic heterocycles. The van der Waals surface area contributed by atoms with Gasteiger partial charge in [0.15, 0.2) is 0 Å². The van der Waals surface area contributed by atoms with Crippen LogP contribution in [0.5, 0.6) is 0 Å². The second-order valence-corrected chi connectivity index (χ2v) is 6.99. The number of halogens is 1. The first kappa shape index (κ1) is 16.4. The minimum atomic E-state index is -0.174. The van der Waals surface area contributed by atoms with Crippen molar-refractivity contribution in [2.45, 2.75) is 51.6 Å². The Hall–Kier alpha value is -0.930. The molecule has 0 radical (unpaired) electrons. The second-order valence-electron chi connectivity index (χ2n) is 6.99. The van der Waals surface area contributed by atoms with Gasteiger partial charge in [0.05, 0.1) is 0 Å². The van der Waals surface area contributed by atoms with Gasteiger partial charge in [0.2, 0.25) is 0 Å². The average molecular weight is 292 g/mol. The Kier molecular flexibility index (Phi) is 5.39. The Morgan fingerprint density at radius 1 is 1.24 bits per heavy atom. The Morgan fingerprint density at radius 3 is 2.29 bits per heavy atom. The van der Waals surface area contributed by atoms with Crippen molar-refractivity contribution in [3.63, 3.8) is 0 Å². The summed E-state index contributed by atoms with van der Waals surface area (Å²) in [6, 6.07) is 6.81. The van der Waals surface area contributed by atoms with Gasteiger partial charge in [-0.3, -0.25) is 4.90 Å². The molecule has 0 aliphatic heterocycles. The van der Waals surface area contributed by atoms with Crippen LogP contribution in [0.2, 0.25) is 0 Å². The van der Waals surface area contributed by atoms with E-state index in [0.29, 0.717) is 6.54 Å². The molecule has 3 heteroatoms. The van der Waals surface area contributed by atoms with Crippen molar-refractivity contribution in [1.82, 2.24) is 4.90 Å². The van der Waals surface area contributed by atoms with Crippen LogP contribution in [0.25, 0.3) is 0 Å². The molecule has 1 aliphatic rings. The van der Waals surface area contributed by atoms with E-state index in [1.807, 2.05) is 12.1 Å². The van der Waals surface area contributed by atoms with Crippen LogP contribution >= 0.6 is 0 Å². The fourth-order valence-corrected chi connectivity index (χ4v) is 3.62. The molecule has 0 unspecified atom stereocenters. The van der Waals surface area contributed by atoms with Gasteiger partial charge in [-0.05, 0) is 62.3 Å². The van der Waals surface area contributed by atoms with Gasteiger partial charge in [-0.25, -0.2) is 4.39 Å². The maximum Gasteiger partial charge on any atom is 0.123 e. The first-order valence-electron chi connectivity index (χ1n) is 8.12. The van der Waals surface area contributed by atoms with Gasteiger partial charge in [-0.1, -0.05) is 26.0 Å². The van der Waals surface area contributed by atoms with E-state index in [2.05, 4.69) is 25.8 Å². The molecule has 1 aliphatic carbocycles. The van der Waals surface area contributed by atoms with E-state index in [0.717, 1.165) is 23.9 Å². The van der Waals surface area contributed by atoms with E-state index in [-0.39, 0.29) is 11.4 Å². The molecule has 118 valence electrons. The van der Waals surface area contributed by atoms with E-state index in [1.54, 1.807) is 0 Å². The minimum absolute atomic E-state index is 0.111. The van der Waals surface area contributed by atoms with Crippen molar-refractivity contribution >= 4 is 0 Å². The summed E-state index contributed by atoms with van der Waals surface area (Å²) in [6.07, 6.45) is 4.87. The number of likely N-dealkylation sites (N-methyl/N-ethyl adjacent to an activating group) is 1. The summed E-state index contributed by atoms with van der Waals surface area (Å²) in [4.78, 5) is 2.39. The Labute approximate surface area is 128 Å². The third kappa shape index (κ3) is 3.83. The molecule has 0 heterocycles. The van der Waals surface area contributed by atoms with Crippen LogP contribution in [0.1, 0.15) is 45.1 Å². The Morgan fingerprint density at radius 2 is 1.81 bits per heavy atom. The van der Waals surface area contributed by atoms with Crippen molar-refractivity contribution in [1.29, 1.82) is 0 Å². The maximum absolute atomic E-state index is 13.0. The number of hydrogen-bond donors (Lipinski definition) is 1. The monoisotopic (exact) mass is 292 g/mol. The summed E-state index contributed by atoms with van der Waals surface area (Å²) < 4.78 is 13.0. The predicted molar refractivity (Wildman–Crippen MR) is 86.4 cm³/mol. The highest BCUT2D eigenvalue weighted by Gasteiger charge is 2.38. The lowest BCUT2D eigenvalue weighted by molar-refractivity contribution is 0.0497. The van der Waals surface area contributed by atoms with E-state index < -0.39 is 0 Å². The first-order chi connectivity index (χ1) is 9.97. The van der Waals surface area contributed by atoms with Crippen LogP contribution in [-0.4, -0.2) is 24.0 Å². The van der Waals surface area contributed by atoms with Crippen molar-refractivity contribution in [3.05, 3.63) is 35.6 Å². The average Bonchev–Trinajstić information content (AvgIpc) is 2.49. The summed E-state index contributed by atoms with van der Waals surface area (Å²) >= 11 is 0. The maximum atomic E-state index is 13.0. The molecule has 2 nitrogen and oxygen atoms in total. The van der Waals surface area contributed by atoms with Gasteiger partial charge in [0, 0.05) is 18.6 Å². The second kappa shape index (κ2) is 6.89. The molecule has 1 aromatic rings. The quantitative estimate of drug-likeness (QED) is 0.894. The van der Waals surface area contributed by atoms with Crippen LogP contribution < -0.4 is 5.73 Å². The zero-order valence-corrected chi connectivity index (χ0v) is 13.6. The van der Waals surface area contributed by atoms with Crippen LogP contribution in [0.3, 0.4) is 0 Å². The van der Waals surface area contributed by atoms with E-state index in [9.17, 15) is 4.39 Å². The molecule has 0 amide bonds. The molecule has 1 fully saturated rings. The molecular weight excluding hydrogens is 263 g/mol. The molecule has 1 aromatic carbocycles. The predicted octanol–water partition coefficient (Wildman–Crippen LogP) is 3.80. The molecule has 1 saturated carbocycles. The number of nitrogens with zero attached hydrogens (tertiary/aromatic N) is 1. The van der Waals surface area contributed by atoms with E-state index in [1.165, 1.54) is 37.8 Å². The number of nitrogens with two attached hydrogens (primary N) is 1. The lowest BCUT2D eigenvalue weighted by Crippen LogP contribution is -2.54. The smallest absolute Gasteiger partial charge is 0.123 e. The molecule has 2 rings (SSSR count). The standard InChI is InChI=1S/C18H29FN2/c1-14(2)16-8-10-18(13-20,11-9-16)21(3)12-15-4-6-17(19)7-5-15/h4-7,14,16H,8-13,20H2,1-3H3. The van der Waals surface area contributed by atoms with Crippen LogP contribution in [-0.2, 0) is 6.54 Å². The van der Waals surface area contributed by atoms with Gasteiger partial charge in [-0.15, -0.1) is 0 Å². The van der Waals surface area contributed by atoms with E-state index in [4.69, 9.17) is 5.73 Å². The van der Waals surface area contributed by atoms with Gasteiger partial charge in [0.1, 0.15) is 5.82 Å². The molecule has 0 saturated heterocycles. The third-order valence-electron chi connectivity index (χ3n) is 5.43. The molecule has 0 atom stereocenters. The Balaban J connectivity index is 2.01. The lowest BCUT2D eigenvalue weighted by atomic mass is 9.72. The summed E-state index contributed by atoms with van der Waals surface area (Å²) in [5, 5.41) is 0. The van der Waals surface area contributed by atoms with Gasteiger partial charge in [0.25, 0.3) is 0 Å². The van der Waals surface area contributed by atoms with E-state index >= 15 is 0 Å². The van der Waals surface area contributed by atoms with Crippen LogP contribution in [0, 0.1) is 17.7 Å². The topological polar surface area (TPSA) is 29.3 Å². The summed E-state index contributed by atoms with van der Waals surface area (Å²) in [7, 11) is 2.16. The molecule has 0 bridgehead atoms. The summed E-state index contributed by atoms with van der Waals surface area (Å²) in [5.41, 5.74) is 7.40. The fraction of sp³-hybridized carbons (Fsp3) is 0.667. The molecule has 2 N–H and O–H groups in total. The molecular formula is C18H29FN2. The highest BCUT2D eigenvalue weighted by molar-refractivity contribution is 5.16. The SMILES string of the molecule is CC(C)C1CCC(CN)(N(C)Cc2ccc(F)cc2)CC1. The molecule has 21 heavy (non-hydrogen) atoms. The van der Waals surface area contributed by atoms with Crippen molar-refractivity contribution in [2.24, 2.45) is 17.6 Å². The first-order valence-corrected chi connectivity index (χ1v) is 8.12. The minimum Gasteiger partial charge on any atom is -0.329 e. The van der Waals surface area contributed by atoms with Gasteiger partial charge in [-0.2, -0.15) is 0 Å². The highest BCUT2D eigenvalue weighted by atomic mass is 19.1. The van der Waals surface area contributed by atoms with Crippen molar-refractivity contribution in [3.8, 4) is 0 Å². The Bertz CT molecular complexity index is 433. The lowest BCUT2D eigenvalue weighted by Gasteiger charge is -2.47.